The molecule has 0 aromatic carbocycles. The molecule has 0 aromatic rings. The van der Waals surface area contributed by atoms with Gasteiger partial charge in [-0.15, -0.1) is 0 Å². The van der Waals surface area contributed by atoms with E-state index in [1.807, 2.05) is 0 Å². The summed E-state index contributed by atoms with van der Waals surface area (Å²) in [6.07, 6.45) is 18.4. The van der Waals surface area contributed by atoms with E-state index in [9.17, 15) is 5.11 Å². The van der Waals surface area contributed by atoms with Crippen LogP contribution in [-0.2, 0) is 0 Å². The Balaban J connectivity index is 1.64. The molecule has 2 saturated carbocycles. The quantitative estimate of drug-likeness (QED) is 0.470. The van der Waals surface area contributed by atoms with Gasteiger partial charge in [0.15, 0.2) is 0 Å². The molecule has 0 radical (unpaired) electrons. The van der Waals surface area contributed by atoms with E-state index < -0.39 is 0 Å². The van der Waals surface area contributed by atoms with Crippen molar-refractivity contribution in [2.45, 2.75) is 99.5 Å². The number of hydrogen-bond acceptors (Lipinski definition) is 1. The molecule has 1 nitrogen and oxygen atoms in total. The molecule has 1 heteroatoms. The summed E-state index contributed by atoms with van der Waals surface area (Å²) in [5, 5.41) is 10.3. The zero-order valence-corrected chi connectivity index (χ0v) is 20.7. The molecule has 168 valence electrons. The predicted molar refractivity (Wildman–Crippen MR) is 128 cm³/mol. The molecule has 4 aliphatic rings. The van der Waals surface area contributed by atoms with Crippen molar-refractivity contribution in [3.05, 3.63) is 35.5 Å². The molecule has 8 unspecified atom stereocenters. The highest BCUT2D eigenvalue weighted by Gasteiger charge is 2.61. The minimum absolute atomic E-state index is 0.0835. The molecule has 0 amide bonds. The second kappa shape index (κ2) is 7.65. The summed E-state index contributed by atoms with van der Waals surface area (Å²) in [5.74, 6) is 3.40. The number of fused-ring (bicyclic) bond motifs is 5. The zero-order chi connectivity index (χ0) is 21.9. The highest BCUT2D eigenvalue weighted by molar-refractivity contribution is 5.49. The van der Waals surface area contributed by atoms with E-state index in [1.54, 1.807) is 11.1 Å². The van der Waals surface area contributed by atoms with Crippen molar-refractivity contribution in [2.75, 3.05) is 0 Å². The van der Waals surface area contributed by atoms with Gasteiger partial charge in [-0.2, -0.15) is 0 Å². The monoisotopic (exact) mass is 410 g/mol. The molecule has 2 fully saturated rings. The van der Waals surface area contributed by atoms with Crippen LogP contribution < -0.4 is 0 Å². The Kier molecular flexibility index (Phi) is 5.70. The minimum Gasteiger partial charge on any atom is -0.393 e. The first-order valence-electron chi connectivity index (χ1n) is 12.8. The van der Waals surface area contributed by atoms with Crippen LogP contribution in [0.3, 0.4) is 0 Å². The fraction of sp³-hybridized carbons (Fsp3) is 0.793. The third kappa shape index (κ3) is 3.21. The van der Waals surface area contributed by atoms with Crippen molar-refractivity contribution in [1.82, 2.24) is 0 Å². The summed E-state index contributed by atoms with van der Waals surface area (Å²) < 4.78 is 0. The van der Waals surface area contributed by atoms with Gasteiger partial charge in [0.25, 0.3) is 0 Å². The van der Waals surface area contributed by atoms with Crippen LogP contribution >= 0.6 is 0 Å². The highest BCUT2D eigenvalue weighted by Crippen LogP contribution is 2.70. The van der Waals surface area contributed by atoms with Crippen LogP contribution in [0.4, 0.5) is 0 Å². The molecule has 1 N–H and O–H groups in total. The maximum absolute atomic E-state index is 10.3. The zero-order valence-electron chi connectivity index (χ0n) is 20.7. The highest BCUT2D eigenvalue weighted by atomic mass is 16.3. The summed E-state index contributed by atoms with van der Waals surface area (Å²) in [6, 6.07) is 0. The van der Waals surface area contributed by atoms with Gasteiger partial charge in [-0.05, 0) is 102 Å². The van der Waals surface area contributed by atoms with Crippen molar-refractivity contribution in [3.8, 4) is 0 Å². The minimum atomic E-state index is -0.0835. The molecule has 0 spiro atoms. The number of aliphatic hydroxyl groups excluding tert-OH is 1. The number of aliphatic hydroxyl groups is 1. The first kappa shape index (κ1) is 22.4. The van der Waals surface area contributed by atoms with Crippen molar-refractivity contribution in [1.29, 1.82) is 0 Å². The first-order valence-corrected chi connectivity index (χ1v) is 12.8. The predicted octanol–water partition coefficient (Wildman–Crippen LogP) is 7.72. The Morgan fingerprint density at radius 3 is 2.40 bits per heavy atom. The van der Waals surface area contributed by atoms with E-state index in [4.69, 9.17) is 0 Å². The van der Waals surface area contributed by atoms with Crippen LogP contribution in [0.5, 0.6) is 0 Å². The van der Waals surface area contributed by atoms with E-state index in [1.165, 1.54) is 19.3 Å². The van der Waals surface area contributed by atoms with E-state index >= 15 is 0 Å². The fourth-order valence-electron chi connectivity index (χ4n) is 7.77. The van der Waals surface area contributed by atoms with Gasteiger partial charge in [0, 0.05) is 0 Å². The molecule has 8 atom stereocenters. The standard InChI is InChI=1S/C29H46O/c1-19(2)20(3)8-9-21(4)24-13-16-29(7)26-11-10-22-18-23(30)12-15-27(22,5)25(26)14-17-28(24,29)6/h8-9,11,14,19-24,30H,10,12-13,15-18H2,1-7H3. The summed E-state index contributed by atoms with van der Waals surface area (Å²) in [7, 11) is 0. The lowest BCUT2D eigenvalue weighted by molar-refractivity contribution is 0.0220. The second-order valence-corrected chi connectivity index (χ2v) is 12.5. The summed E-state index contributed by atoms with van der Waals surface area (Å²) in [4.78, 5) is 0. The van der Waals surface area contributed by atoms with Gasteiger partial charge in [0.2, 0.25) is 0 Å². The lowest BCUT2D eigenvalue weighted by Gasteiger charge is -2.57. The van der Waals surface area contributed by atoms with Crippen molar-refractivity contribution < 1.29 is 5.11 Å². The molecule has 4 rings (SSSR count). The molecule has 0 aliphatic heterocycles. The van der Waals surface area contributed by atoms with Crippen molar-refractivity contribution in [3.63, 3.8) is 0 Å². The van der Waals surface area contributed by atoms with Crippen molar-refractivity contribution >= 4 is 0 Å². The van der Waals surface area contributed by atoms with Crippen LogP contribution in [0.25, 0.3) is 0 Å². The number of hydrogen-bond donors (Lipinski definition) is 1. The van der Waals surface area contributed by atoms with Crippen LogP contribution in [0.15, 0.2) is 35.5 Å². The van der Waals surface area contributed by atoms with Gasteiger partial charge in [-0.1, -0.05) is 72.8 Å². The third-order valence-electron chi connectivity index (χ3n) is 10.7. The van der Waals surface area contributed by atoms with E-state index in [-0.39, 0.29) is 11.5 Å². The largest absolute Gasteiger partial charge is 0.393 e. The van der Waals surface area contributed by atoms with Gasteiger partial charge in [-0.25, -0.2) is 0 Å². The molecular weight excluding hydrogens is 364 g/mol. The maximum Gasteiger partial charge on any atom is 0.0543 e. The average Bonchev–Trinajstić information content (AvgIpc) is 2.97. The lowest BCUT2D eigenvalue weighted by atomic mass is 9.47. The Labute approximate surface area is 186 Å². The normalized spacial score (nSPS) is 45.4. The smallest absolute Gasteiger partial charge is 0.0543 e. The van der Waals surface area contributed by atoms with Crippen LogP contribution in [-0.4, -0.2) is 11.2 Å². The Morgan fingerprint density at radius 1 is 0.967 bits per heavy atom. The Morgan fingerprint density at radius 2 is 1.70 bits per heavy atom. The molecule has 0 bridgehead atoms. The van der Waals surface area contributed by atoms with Crippen LogP contribution in [0.2, 0.25) is 0 Å². The Hall–Kier alpha value is -0.820. The van der Waals surface area contributed by atoms with E-state index in [0.29, 0.717) is 34.5 Å². The first-order chi connectivity index (χ1) is 14.0. The van der Waals surface area contributed by atoms with E-state index in [0.717, 1.165) is 31.6 Å². The molecule has 0 aromatic heterocycles. The number of allylic oxidation sites excluding steroid dienone is 6. The summed E-state index contributed by atoms with van der Waals surface area (Å²) >= 11 is 0. The van der Waals surface area contributed by atoms with Crippen LogP contribution in [0.1, 0.15) is 93.4 Å². The van der Waals surface area contributed by atoms with Crippen LogP contribution in [0, 0.1) is 45.8 Å². The maximum atomic E-state index is 10.3. The third-order valence-corrected chi connectivity index (χ3v) is 10.7. The number of rotatable bonds is 4. The van der Waals surface area contributed by atoms with Gasteiger partial charge in [0.1, 0.15) is 0 Å². The van der Waals surface area contributed by atoms with Gasteiger partial charge in [-0.3, -0.25) is 0 Å². The molecule has 4 aliphatic carbocycles. The molecule has 0 saturated heterocycles. The lowest BCUT2D eigenvalue weighted by Crippen LogP contribution is -2.48. The molecule has 30 heavy (non-hydrogen) atoms. The Bertz CT molecular complexity index is 756. The average molecular weight is 411 g/mol. The SMILES string of the molecule is CC(C)C(C)C=CC(C)C1CCC2(C)C3=CCC4CC(O)CCC4(C)C3=CCC12C. The van der Waals surface area contributed by atoms with Gasteiger partial charge in [0.05, 0.1) is 6.10 Å². The summed E-state index contributed by atoms with van der Waals surface area (Å²) in [6.45, 7) is 17.2. The molecular formula is C29H46O. The topological polar surface area (TPSA) is 20.2 Å². The van der Waals surface area contributed by atoms with E-state index in [2.05, 4.69) is 72.8 Å². The summed E-state index contributed by atoms with van der Waals surface area (Å²) in [5.41, 5.74) is 4.30. The second-order valence-electron chi connectivity index (χ2n) is 12.5. The van der Waals surface area contributed by atoms with Gasteiger partial charge < -0.3 is 5.11 Å². The van der Waals surface area contributed by atoms with Gasteiger partial charge >= 0.3 is 0 Å². The molecule has 0 heterocycles. The fourth-order valence-corrected chi connectivity index (χ4v) is 7.77. The van der Waals surface area contributed by atoms with Crippen molar-refractivity contribution in [2.24, 2.45) is 45.8 Å².